The monoisotopic (exact) mass is 383 g/mol. The normalized spacial score (nSPS) is 23.2. The van der Waals surface area contributed by atoms with Crippen LogP contribution in [0.15, 0.2) is 54.6 Å². The fourth-order valence-electron chi connectivity index (χ4n) is 3.92. The van der Waals surface area contributed by atoms with Crippen molar-refractivity contribution in [1.82, 2.24) is 10.2 Å². The number of halogens is 1. The summed E-state index contributed by atoms with van der Waals surface area (Å²) in [6.45, 7) is 5.29. The van der Waals surface area contributed by atoms with Crippen molar-refractivity contribution in [3.63, 3.8) is 0 Å². The third-order valence-electron chi connectivity index (χ3n) is 5.67. The number of nitrogens with one attached hydrogen (secondary N) is 2. The minimum Gasteiger partial charge on any atom is -0.360 e. The number of nitrogens with zero attached hydrogens (tertiary/aromatic N) is 2. The minimum absolute atomic E-state index is 0.211. The zero-order chi connectivity index (χ0) is 19.7. The molecule has 7 heteroatoms. The first-order chi connectivity index (χ1) is 13.5. The van der Waals surface area contributed by atoms with E-state index in [9.17, 15) is 14.0 Å². The summed E-state index contributed by atoms with van der Waals surface area (Å²) in [5.74, 6) is -0.454. The third kappa shape index (κ3) is 3.33. The molecule has 2 fully saturated rings. The Balaban J connectivity index is 1.39. The molecule has 0 radical (unpaired) electrons. The summed E-state index contributed by atoms with van der Waals surface area (Å²) in [6, 6.07) is 15.5. The van der Waals surface area contributed by atoms with E-state index in [1.54, 1.807) is 19.1 Å². The van der Waals surface area contributed by atoms with Gasteiger partial charge < -0.3 is 15.1 Å². The van der Waals surface area contributed by atoms with Gasteiger partial charge in [0.1, 0.15) is 11.4 Å². The summed E-state index contributed by atoms with van der Waals surface area (Å²) in [4.78, 5) is 30.2. The molecule has 0 unspecified atom stereocenters. The maximum atomic E-state index is 13.1. The van der Waals surface area contributed by atoms with E-state index in [1.807, 2.05) is 30.3 Å². The van der Waals surface area contributed by atoms with Crippen LogP contribution < -0.4 is 15.1 Å². The molecule has 2 aromatic rings. The number of carbonyl (C=O) groups excluding carboxylic acids is 2. The lowest BCUT2D eigenvalue weighted by Crippen LogP contribution is -3.16. The van der Waals surface area contributed by atoms with Crippen molar-refractivity contribution >= 4 is 17.6 Å². The Morgan fingerprint density at radius 1 is 1.04 bits per heavy atom. The lowest BCUT2D eigenvalue weighted by molar-refractivity contribution is -0.907. The first-order valence-corrected chi connectivity index (χ1v) is 9.51. The van der Waals surface area contributed by atoms with E-state index in [0.29, 0.717) is 6.67 Å². The molecule has 3 amide bonds. The topological polar surface area (TPSA) is 57.1 Å². The quantitative estimate of drug-likeness (QED) is 0.774. The minimum atomic E-state index is -1.02. The van der Waals surface area contributed by atoms with Gasteiger partial charge in [0.2, 0.25) is 0 Å². The molecule has 2 aromatic carbocycles. The van der Waals surface area contributed by atoms with E-state index in [1.165, 1.54) is 21.9 Å². The molecule has 2 N–H and O–H groups in total. The summed E-state index contributed by atoms with van der Waals surface area (Å²) in [5, 5.41) is 2.85. The van der Waals surface area contributed by atoms with Crippen LogP contribution in [-0.2, 0) is 10.3 Å². The molecular weight excluding hydrogens is 359 g/mol. The molecule has 0 aromatic heterocycles. The van der Waals surface area contributed by atoms with Gasteiger partial charge in [-0.1, -0.05) is 30.3 Å². The molecule has 0 saturated carbocycles. The summed E-state index contributed by atoms with van der Waals surface area (Å²) in [5.41, 5.74) is 0.757. The number of rotatable bonds is 4. The van der Waals surface area contributed by atoms with Gasteiger partial charge in [-0.25, -0.2) is 14.1 Å². The number of anilines is 1. The van der Waals surface area contributed by atoms with Crippen molar-refractivity contribution in [3.8, 4) is 0 Å². The van der Waals surface area contributed by atoms with E-state index in [0.717, 1.165) is 37.4 Å². The Hall–Kier alpha value is -2.93. The second kappa shape index (κ2) is 7.24. The summed E-state index contributed by atoms with van der Waals surface area (Å²) in [7, 11) is 0. The summed E-state index contributed by atoms with van der Waals surface area (Å²) >= 11 is 0. The second-order valence-corrected chi connectivity index (χ2v) is 7.53. The highest BCUT2D eigenvalue weighted by Gasteiger charge is 2.50. The number of benzene rings is 2. The second-order valence-electron chi connectivity index (χ2n) is 7.53. The zero-order valence-corrected chi connectivity index (χ0v) is 15.8. The first kappa shape index (κ1) is 18.4. The van der Waals surface area contributed by atoms with Crippen LogP contribution in [0.3, 0.4) is 0 Å². The van der Waals surface area contributed by atoms with Crippen LogP contribution >= 0.6 is 0 Å². The average molecular weight is 383 g/mol. The zero-order valence-electron chi connectivity index (χ0n) is 15.8. The largest absolute Gasteiger partial charge is 0.360 e. The number of quaternary nitrogens is 1. The van der Waals surface area contributed by atoms with Gasteiger partial charge in [0, 0.05) is 5.69 Å². The lowest BCUT2D eigenvalue weighted by atomic mass is 9.92. The number of amides is 3. The molecule has 6 nitrogen and oxygen atoms in total. The number of hydrogen-bond acceptors (Lipinski definition) is 3. The van der Waals surface area contributed by atoms with Gasteiger partial charge in [-0.2, -0.15) is 0 Å². The fraction of sp³-hybridized carbons (Fsp3) is 0.333. The smallest absolute Gasteiger partial charge is 0.329 e. The van der Waals surface area contributed by atoms with Crippen LogP contribution in [0.5, 0.6) is 0 Å². The standard InChI is InChI=1S/C21H23FN4O2/c1-21(16-5-3-2-4-6-16)19(27)26(20(28)23-21)15-24-11-13-25(14-12-24)18-9-7-17(22)8-10-18/h2-10H,11-15H2,1H3,(H,23,28)/p+1/t21-/m1/s1. The van der Waals surface area contributed by atoms with E-state index in [2.05, 4.69) is 10.2 Å². The van der Waals surface area contributed by atoms with Crippen LogP contribution in [0.1, 0.15) is 12.5 Å². The van der Waals surface area contributed by atoms with Gasteiger partial charge in [-0.15, -0.1) is 0 Å². The Kier molecular flexibility index (Phi) is 4.77. The number of imide groups is 1. The van der Waals surface area contributed by atoms with Crippen molar-refractivity contribution in [1.29, 1.82) is 0 Å². The van der Waals surface area contributed by atoms with Crippen LogP contribution in [0.2, 0.25) is 0 Å². The van der Waals surface area contributed by atoms with Gasteiger partial charge in [0.25, 0.3) is 5.91 Å². The molecule has 0 aliphatic carbocycles. The first-order valence-electron chi connectivity index (χ1n) is 9.51. The van der Waals surface area contributed by atoms with Gasteiger partial charge in [-0.05, 0) is 36.8 Å². The fourth-order valence-corrected chi connectivity index (χ4v) is 3.92. The van der Waals surface area contributed by atoms with E-state index in [4.69, 9.17) is 0 Å². The molecule has 28 heavy (non-hydrogen) atoms. The van der Waals surface area contributed by atoms with Crippen molar-refractivity contribution < 1.29 is 18.9 Å². The molecule has 2 aliphatic heterocycles. The molecule has 0 bridgehead atoms. The lowest BCUT2D eigenvalue weighted by Gasteiger charge is -2.34. The van der Waals surface area contributed by atoms with Crippen molar-refractivity contribution in [2.24, 2.45) is 0 Å². The van der Waals surface area contributed by atoms with E-state index >= 15 is 0 Å². The molecule has 1 atom stereocenters. The number of piperazine rings is 1. The predicted octanol–water partition coefficient (Wildman–Crippen LogP) is 0.955. The Bertz CT molecular complexity index is 866. The predicted molar refractivity (Wildman–Crippen MR) is 103 cm³/mol. The maximum Gasteiger partial charge on any atom is 0.329 e. The molecule has 2 saturated heterocycles. The van der Waals surface area contributed by atoms with Crippen LogP contribution in [0, 0.1) is 5.82 Å². The number of carbonyl (C=O) groups is 2. The van der Waals surface area contributed by atoms with Gasteiger partial charge in [-0.3, -0.25) is 4.79 Å². The molecule has 0 spiro atoms. The van der Waals surface area contributed by atoms with Crippen LogP contribution in [0.25, 0.3) is 0 Å². The van der Waals surface area contributed by atoms with Crippen molar-refractivity contribution in [3.05, 3.63) is 66.0 Å². The highest BCUT2D eigenvalue weighted by atomic mass is 19.1. The van der Waals surface area contributed by atoms with E-state index in [-0.39, 0.29) is 17.8 Å². The van der Waals surface area contributed by atoms with Crippen LogP contribution in [-0.4, -0.2) is 49.7 Å². The van der Waals surface area contributed by atoms with E-state index < -0.39 is 5.54 Å². The molecular formula is C21H24FN4O2+. The highest BCUT2D eigenvalue weighted by molar-refractivity contribution is 6.07. The highest BCUT2D eigenvalue weighted by Crippen LogP contribution is 2.28. The average Bonchev–Trinajstić information content (AvgIpc) is 2.94. The Morgan fingerprint density at radius 2 is 1.68 bits per heavy atom. The number of urea groups is 1. The summed E-state index contributed by atoms with van der Waals surface area (Å²) in [6.07, 6.45) is 0. The maximum absolute atomic E-state index is 13.1. The molecule has 4 rings (SSSR count). The third-order valence-corrected chi connectivity index (χ3v) is 5.67. The SMILES string of the molecule is C[C@]1(c2ccccc2)NC(=O)N(C[NH+]2CCN(c3ccc(F)cc3)CC2)C1=O. The molecule has 2 heterocycles. The Labute approximate surface area is 163 Å². The van der Waals surface area contributed by atoms with Crippen LogP contribution in [0.4, 0.5) is 14.9 Å². The molecule has 2 aliphatic rings. The summed E-state index contributed by atoms with van der Waals surface area (Å²) < 4.78 is 13.1. The van der Waals surface area contributed by atoms with Gasteiger partial charge >= 0.3 is 6.03 Å². The Morgan fingerprint density at radius 3 is 2.32 bits per heavy atom. The van der Waals surface area contributed by atoms with Gasteiger partial charge in [0.05, 0.1) is 26.2 Å². The van der Waals surface area contributed by atoms with Crippen molar-refractivity contribution in [2.75, 3.05) is 37.7 Å². The number of hydrogen-bond donors (Lipinski definition) is 2. The van der Waals surface area contributed by atoms with Crippen molar-refractivity contribution in [2.45, 2.75) is 12.5 Å². The molecule has 146 valence electrons. The van der Waals surface area contributed by atoms with Gasteiger partial charge in [0.15, 0.2) is 6.67 Å².